The third-order valence-corrected chi connectivity index (χ3v) is 2.30. The standard InChI is InChI=1S/C10H18N4.2C2H2O4/c1-11-13-7-9-4-3-5-10(6-9)8-14-12-2;2*3-1(4)2(5)6/h3-6,11-14H,7-8H2,1-2H3;2*(H,3,4)(H,5,6). The first kappa shape index (κ1) is 25.2. The molecule has 26 heavy (non-hydrogen) atoms. The number of aliphatic carboxylic acids is 4. The predicted octanol–water partition coefficient (Wildman–Crippen LogP) is -1.55. The lowest BCUT2D eigenvalue weighted by atomic mass is 10.1. The Balaban J connectivity index is 0. The molecule has 1 aromatic carbocycles. The normalized spacial score (nSPS) is 9.00. The van der Waals surface area contributed by atoms with Crippen molar-refractivity contribution in [2.75, 3.05) is 14.1 Å². The zero-order chi connectivity index (χ0) is 20.5. The molecule has 8 N–H and O–H groups in total. The maximum atomic E-state index is 9.10. The van der Waals surface area contributed by atoms with E-state index in [1.54, 1.807) is 0 Å². The van der Waals surface area contributed by atoms with Gasteiger partial charge in [-0.05, 0) is 25.2 Å². The summed E-state index contributed by atoms with van der Waals surface area (Å²) < 4.78 is 0. The lowest BCUT2D eigenvalue weighted by Crippen LogP contribution is -2.27. The molecular formula is C14H22N4O8. The van der Waals surface area contributed by atoms with Gasteiger partial charge in [-0.15, -0.1) is 0 Å². The van der Waals surface area contributed by atoms with Crippen LogP contribution in [0.3, 0.4) is 0 Å². The van der Waals surface area contributed by atoms with Gasteiger partial charge in [-0.2, -0.15) is 0 Å². The molecule has 0 atom stereocenters. The van der Waals surface area contributed by atoms with Crippen molar-refractivity contribution >= 4 is 23.9 Å². The van der Waals surface area contributed by atoms with Crippen molar-refractivity contribution in [1.82, 2.24) is 21.7 Å². The molecule has 0 bridgehead atoms. The van der Waals surface area contributed by atoms with E-state index in [9.17, 15) is 0 Å². The zero-order valence-electron chi connectivity index (χ0n) is 14.1. The molecule has 0 aliphatic heterocycles. The molecule has 0 unspecified atom stereocenters. The van der Waals surface area contributed by atoms with Crippen LogP contribution in [0, 0.1) is 0 Å². The summed E-state index contributed by atoms with van der Waals surface area (Å²) in [5.41, 5.74) is 14.5. The second-order valence-electron chi connectivity index (χ2n) is 4.25. The van der Waals surface area contributed by atoms with Crippen molar-refractivity contribution in [3.8, 4) is 0 Å². The average Bonchev–Trinajstić information content (AvgIpc) is 2.59. The first-order valence-electron chi connectivity index (χ1n) is 6.95. The molecule has 0 saturated carbocycles. The second-order valence-corrected chi connectivity index (χ2v) is 4.25. The van der Waals surface area contributed by atoms with Gasteiger partial charge in [-0.3, -0.25) is 21.7 Å². The molecule has 0 aromatic heterocycles. The maximum Gasteiger partial charge on any atom is 0.414 e. The Kier molecular flexibility index (Phi) is 15.0. The van der Waals surface area contributed by atoms with Crippen LogP contribution in [0.4, 0.5) is 0 Å². The van der Waals surface area contributed by atoms with E-state index in [2.05, 4.69) is 46.0 Å². The Hall–Kier alpha value is -3.06. The van der Waals surface area contributed by atoms with Gasteiger partial charge in [0, 0.05) is 13.1 Å². The molecule has 1 aromatic rings. The highest BCUT2D eigenvalue weighted by Crippen LogP contribution is 2.04. The third-order valence-electron chi connectivity index (χ3n) is 2.30. The average molecular weight is 374 g/mol. The minimum atomic E-state index is -1.82. The molecule has 12 heteroatoms. The summed E-state index contributed by atoms with van der Waals surface area (Å²) >= 11 is 0. The van der Waals surface area contributed by atoms with Gasteiger partial charge in [-0.1, -0.05) is 24.3 Å². The minimum Gasteiger partial charge on any atom is -0.473 e. The Bertz CT molecular complexity index is 523. The van der Waals surface area contributed by atoms with Crippen LogP contribution in [0.1, 0.15) is 11.1 Å². The van der Waals surface area contributed by atoms with Crippen molar-refractivity contribution < 1.29 is 39.6 Å². The highest BCUT2D eigenvalue weighted by molar-refractivity contribution is 6.27. The third kappa shape index (κ3) is 15.8. The molecule has 1 rings (SSSR count). The monoisotopic (exact) mass is 374 g/mol. The van der Waals surface area contributed by atoms with Crippen LogP contribution >= 0.6 is 0 Å². The maximum absolute atomic E-state index is 9.10. The van der Waals surface area contributed by atoms with E-state index >= 15 is 0 Å². The Morgan fingerprint density at radius 3 is 1.27 bits per heavy atom. The number of carboxylic acid groups (broad SMARTS) is 4. The summed E-state index contributed by atoms with van der Waals surface area (Å²) in [5, 5.41) is 29.6. The molecular weight excluding hydrogens is 352 g/mol. The van der Waals surface area contributed by atoms with Gasteiger partial charge in [0.05, 0.1) is 0 Å². The summed E-state index contributed by atoms with van der Waals surface area (Å²) in [6, 6.07) is 8.45. The summed E-state index contributed by atoms with van der Waals surface area (Å²) in [7, 11) is 3.73. The van der Waals surface area contributed by atoms with Crippen molar-refractivity contribution in [3.63, 3.8) is 0 Å². The number of rotatable bonds is 6. The largest absolute Gasteiger partial charge is 0.473 e. The molecule has 0 radical (unpaired) electrons. The first-order chi connectivity index (χ1) is 12.1. The molecule has 0 amide bonds. The lowest BCUT2D eigenvalue weighted by molar-refractivity contribution is -0.159. The van der Waals surface area contributed by atoms with Gasteiger partial charge in [0.2, 0.25) is 0 Å². The van der Waals surface area contributed by atoms with Crippen LogP contribution in [-0.2, 0) is 32.3 Å². The Labute approximate surface area is 148 Å². The SMILES string of the molecule is CNNCc1cccc(CNNC)c1.O=C(O)C(=O)O.O=C(O)C(=O)O. The van der Waals surface area contributed by atoms with Crippen molar-refractivity contribution in [3.05, 3.63) is 35.4 Å². The van der Waals surface area contributed by atoms with Crippen LogP contribution < -0.4 is 21.7 Å². The summed E-state index contributed by atoms with van der Waals surface area (Å²) in [6.07, 6.45) is 0. The quantitative estimate of drug-likeness (QED) is 0.211. The van der Waals surface area contributed by atoms with E-state index in [1.807, 2.05) is 14.1 Å². The summed E-state index contributed by atoms with van der Waals surface area (Å²) in [6.45, 7) is 1.67. The molecule has 0 aliphatic rings. The molecule has 0 fully saturated rings. The van der Waals surface area contributed by atoms with Crippen molar-refractivity contribution in [1.29, 1.82) is 0 Å². The molecule has 0 aliphatic carbocycles. The van der Waals surface area contributed by atoms with E-state index < -0.39 is 23.9 Å². The van der Waals surface area contributed by atoms with Gasteiger partial charge in [0.1, 0.15) is 0 Å². The van der Waals surface area contributed by atoms with E-state index in [1.165, 1.54) is 11.1 Å². The molecule has 0 spiro atoms. The second kappa shape index (κ2) is 15.5. The Morgan fingerprint density at radius 1 is 0.731 bits per heavy atom. The Morgan fingerprint density at radius 2 is 1.04 bits per heavy atom. The van der Waals surface area contributed by atoms with Crippen LogP contribution in [0.15, 0.2) is 24.3 Å². The van der Waals surface area contributed by atoms with E-state index in [0.717, 1.165) is 13.1 Å². The topological polar surface area (TPSA) is 197 Å². The van der Waals surface area contributed by atoms with Crippen LogP contribution in [0.5, 0.6) is 0 Å². The minimum absolute atomic E-state index is 0.837. The number of carboxylic acids is 4. The fourth-order valence-electron chi connectivity index (χ4n) is 1.23. The van der Waals surface area contributed by atoms with Crippen molar-refractivity contribution in [2.24, 2.45) is 0 Å². The number of benzene rings is 1. The smallest absolute Gasteiger partial charge is 0.414 e. The fraction of sp³-hybridized carbons (Fsp3) is 0.286. The van der Waals surface area contributed by atoms with Gasteiger partial charge in [0.25, 0.3) is 0 Å². The van der Waals surface area contributed by atoms with Crippen LogP contribution in [0.2, 0.25) is 0 Å². The number of carbonyl (C=O) groups is 4. The lowest BCUT2D eigenvalue weighted by Gasteiger charge is -2.06. The highest BCUT2D eigenvalue weighted by atomic mass is 16.4. The first-order valence-corrected chi connectivity index (χ1v) is 6.95. The van der Waals surface area contributed by atoms with Gasteiger partial charge in [-0.25, -0.2) is 19.2 Å². The number of hydrogen-bond donors (Lipinski definition) is 8. The number of nitrogens with one attached hydrogen (secondary N) is 4. The van der Waals surface area contributed by atoms with Crippen molar-refractivity contribution in [2.45, 2.75) is 13.1 Å². The van der Waals surface area contributed by atoms with Gasteiger partial charge in [0.15, 0.2) is 0 Å². The van der Waals surface area contributed by atoms with E-state index in [0.29, 0.717) is 0 Å². The summed E-state index contributed by atoms with van der Waals surface area (Å²) in [4.78, 5) is 36.4. The predicted molar refractivity (Wildman–Crippen MR) is 88.8 cm³/mol. The fourth-order valence-corrected chi connectivity index (χ4v) is 1.23. The van der Waals surface area contributed by atoms with Gasteiger partial charge < -0.3 is 20.4 Å². The number of hydrogen-bond acceptors (Lipinski definition) is 8. The van der Waals surface area contributed by atoms with Gasteiger partial charge >= 0.3 is 23.9 Å². The number of hydrazine groups is 2. The van der Waals surface area contributed by atoms with E-state index in [4.69, 9.17) is 39.6 Å². The molecule has 12 nitrogen and oxygen atoms in total. The molecule has 0 heterocycles. The van der Waals surface area contributed by atoms with Crippen LogP contribution in [-0.4, -0.2) is 58.4 Å². The van der Waals surface area contributed by atoms with Crippen LogP contribution in [0.25, 0.3) is 0 Å². The molecule has 146 valence electrons. The van der Waals surface area contributed by atoms with E-state index in [-0.39, 0.29) is 0 Å². The summed E-state index contributed by atoms with van der Waals surface area (Å²) in [5.74, 6) is -7.30. The highest BCUT2D eigenvalue weighted by Gasteiger charge is 2.04. The zero-order valence-corrected chi connectivity index (χ0v) is 14.1. The molecule has 0 saturated heterocycles.